The van der Waals surface area contributed by atoms with Gasteiger partial charge in [0.25, 0.3) is 0 Å². The average molecular weight is 266 g/mol. The van der Waals surface area contributed by atoms with Crippen LogP contribution >= 0.6 is 0 Å². The third kappa shape index (κ3) is 2.27. The summed E-state index contributed by atoms with van der Waals surface area (Å²) in [5.41, 5.74) is 4.54. The Kier molecular flexibility index (Phi) is 3.18. The van der Waals surface area contributed by atoms with Gasteiger partial charge in [0.1, 0.15) is 5.75 Å². The number of methoxy groups -OCH3 is 1. The zero-order chi connectivity index (χ0) is 14.1. The van der Waals surface area contributed by atoms with Gasteiger partial charge in [-0.15, -0.1) is 0 Å². The molecule has 20 heavy (non-hydrogen) atoms. The standard InChI is InChI=1S/C17H18N2O/c1-12-5-4-6-17-16(12)7-8-19(17)11-14-10-15(20-3)9-13(2)18-14/h4-10H,11H2,1-3H3. The molecule has 102 valence electrons. The first kappa shape index (κ1) is 12.7. The maximum atomic E-state index is 5.31. The molecule has 0 atom stereocenters. The number of fused-ring (bicyclic) bond motifs is 1. The normalized spacial score (nSPS) is 10.9. The van der Waals surface area contributed by atoms with Crippen molar-refractivity contribution in [2.24, 2.45) is 0 Å². The Balaban J connectivity index is 2.01. The fourth-order valence-electron chi connectivity index (χ4n) is 2.59. The first-order chi connectivity index (χ1) is 9.67. The SMILES string of the molecule is COc1cc(C)nc(Cn2ccc3c(C)cccc32)c1. The molecule has 0 bridgehead atoms. The van der Waals surface area contributed by atoms with Crippen molar-refractivity contribution in [2.45, 2.75) is 20.4 Å². The van der Waals surface area contributed by atoms with E-state index >= 15 is 0 Å². The first-order valence-corrected chi connectivity index (χ1v) is 6.73. The summed E-state index contributed by atoms with van der Waals surface area (Å²) in [6.07, 6.45) is 2.12. The molecule has 3 rings (SSSR count). The van der Waals surface area contributed by atoms with Crippen LogP contribution in [0.1, 0.15) is 17.0 Å². The van der Waals surface area contributed by atoms with Crippen LogP contribution in [0.5, 0.6) is 5.75 Å². The van der Waals surface area contributed by atoms with Crippen LogP contribution in [0.2, 0.25) is 0 Å². The Morgan fingerprint density at radius 1 is 1.15 bits per heavy atom. The van der Waals surface area contributed by atoms with Gasteiger partial charge in [-0.3, -0.25) is 4.98 Å². The molecule has 0 saturated carbocycles. The van der Waals surface area contributed by atoms with Crippen molar-refractivity contribution in [1.29, 1.82) is 0 Å². The summed E-state index contributed by atoms with van der Waals surface area (Å²) in [5, 5.41) is 1.30. The van der Waals surface area contributed by atoms with E-state index in [-0.39, 0.29) is 0 Å². The van der Waals surface area contributed by atoms with Gasteiger partial charge in [0.15, 0.2) is 0 Å². The molecule has 0 amide bonds. The summed E-state index contributed by atoms with van der Waals surface area (Å²) in [4.78, 5) is 4.59. The fraction of sp³-hybridized carbons (Fsp3) is 0.235. The Bertz CT molecular complexity index is 759. The van der Waals surface area contributed by atoms with Gasteiger partial charge in [0.05, 0.1) is 19.3 Å². The molecule has 3 aromatic rings. The molecule has 0 aliphatic carbocycles. The second-order valence-electron chi connectivity index (χ2n) is 5.09. The second-order valence-corrected chi connectivity index (χ2v) is 5.09. The lowest BCUT2D eigenvalue weighted by Crippen LogP contribution is -2.02. The molecule has 0 aliphatic rings. The topological polar surface area (TPSA) is 27.1 Å². The van der Waals surface area contributed by atoms with Crippen LogP contribution in [0.25, 0.3) is 10.9 Å². The molecule has 2 aromatic heterocycles. The lowest BCUT2D eigenvalue weighted by Gasteiger charge is -2.08. The molecule has 0 radical (unpaired) electrons. The molecular formula is C17H18N2O. The van der Waals surface area contributed by atoms with E-state index in [1.807, 2.05) is 19.1 Å². The molecule has 1 aromatic carbocycles. The predicted octanol–water partition coefficient (Wildman–Crippen LogP) is 3.71. The number of nitrogens with zero attached hydrogens (tertiary/aromatic N) is 2. The molecule has 0 fully saturated rings. The van der Waals surface area contributed by atoms with Crippen molar-refractivity contribution >= 4 is 10.9 Å². The van der Waals surface area contributed by atoms with Crippen molar-refractivity contribution in [3.8, 4) is 5.75 Å². The number of pyridine rings is 1. The van der Waals surface area contributed by atoms with Crippen LogP contribution in [-0.4, -0.2) is 16.7 Å². The van der Waals surface area contributed by atoms with Crippen LogP contribution in [0.4, 0.5) is 0 Å². The monoisotopic (exact) mass is 266 g/mol. The highest BCUT2D eigenvalue weighted by Crippen LogP contribution is 2.21. The lowest BCUT2D eigenvalue weighted by atomic mass is 10.1. The van der Waals surface area contributed by atoms with Gasteiger partial charge >= 0.3 is 0 Å². The summed E-state index contributed by atoms with van der Waals surface area (Å²) in [6, 6.07) is 12.5. The minimum atomic E-state index is 0.755. The minimum absolute atomic E-state index is 0.755. The number of hydrogen-bond acceptors (Lipinski definition) is 2. The van der Waals surface area contributed by atoms with Crippen LogP contribution in [0.15, 0.2) is 42.6 Å². The molecule has 0 aliphatic heterocycles. The van der Waals surface area contributed by atoms with Crippen LogP contribution < -0.4 is 4.74 Å². The third-order valence-electron chi connectivity index (χ3n) is 3.58. The number of aryl methyl sites for hydroxylation is 2. The van der Waals surface area contributed by atoms with E-state index in [4.69, 9.17) is 4.74 Å². The molecule has 3 nitrogen and oxygen atoms in total. The largest absolute Gasteiger partial charge is 0.497 e. The smallest absolute Gasteiger partial charge is 0.122 e. The van der Waals surface area contributed by atoms with Gasteiger partial charge in [-0.2, -0.15) is 0 Å². The number of aromatic nitrogens is 2. The van der Waals surface area contributed by atoms with Crippen molar-refractivity contribution in [3.05, 3.63) is 59.5 Å². The highest BCUT2D eigenvalue weighted by Gasteiger charge is 2.06. The van der Waals surface area contributed by atoms with Crippen molar-refractivity contribution in [2.75, 3.05) is 7.11 Å². The van der Waals surface area contributed by atoms with Gasteiger partial charge in [-0.25, -0.2) is 0 Å². The maximum Gasteiger partial charge on any atom is 0.122 e. The second kappa shape index (κ2) is 5.00. The summed E-state index contributed by atoms with van der Waals surface area (Å²) in [5.74, 6) is 0.861. The van der Waals surface area contributed by atoms with E-state index in [0.717, 1.165) is 23.7 Å². The zero-order valence-electron chi connectivity index (χ0n) is 12.1. The molecule has 0 saturated heterocycles. The van der Waals surface area contributed by atoms with Crippen molar-refractivity contribution < 1.29 is 4.74 Å². The quantitative estimate of drug-likeness (QED) is 0.722. The fourth-order valence-corrected chi connectivity index (χ4v) is 2.59. The van der Waals surface area contributed by atoms with E-state index < -0.39 is 0 Å². The van der Waals surface area contributed by atoms with E-state index in [0.29, 0.717) is 0 Å². The van der Waals surface area contributed by atoms with Crippen LogP contribution in [-0.2, 0) is 6.54 Å². The minimum Gasteiger partial charge on any atom is -0.497 e. The van der Waals surface area contributed by atoms with E-state index in [1.165, 1.54) is 16.5 Å². The molecule has 0 spiro atoms. The predicted molar refractivity (Wildman–Crippen MR) is 81.3 cm³/mol. The molecular weight excluding hydrogens is 248 g/mol. The number of benzene rings is 1. The van der Waals surface area contributed by atoms with Crippen molar-refractivity contribution in [1.82, 2.24) is 9.55 Å². The Hall–Kier alpha value is -2.29. The van der Waals surface area contributed by atoms with Gasteiger partial charge in [0, 0.05) is 34.9 Å². The molecule has 0 unspecified atom stereocenters. The summed E-state index contributed by atoms with van der Waals surface area (Å²) < 4.78 is 7.54. The van der Waals surface area contributed by atoms with Gasteiger partial charge in [0.2, 0.25) is 0 Å². The van der Waals surface area contributed by atoms with Crippen LogP contribution in [0, 0.1) is 13.8 Å². The number of hydrogen-bond donors (Lipinski definition) is 0. The Morgan fingerprint density at radius 2 is 2.00 bits per heavy atom. The van der Waals surface area contributed by atoms with Gasteiger partial charge in [-0.05, 0) is 31.5 Å². The zero-order valence-corrected chi connectivity index (χ0v) is 12.1. The third-order valence-corrected chi connectivity index (χ3v) is 3.58. The summed E-state index contributed by atoms with van der Waals surface area (Å²) in [6.45, 7) is 4.88. The highest BCUT2D eigenvalue weighted by atomic mass is 16.5. The summed E-state index contributed by atoms with van der Waals surface area (Å²) >= 11 is 0. The first-order valence-electron chi connectivity index (χ1n) is 6.73. The van der Waals surface area contributed by atoms with Gasteiger partial charge < -0.3 is 9.30 Å². The van der Waals surface area contributed by atoms with E-state index in [9.17, 15) is 0 Å². The summed E-state index contributed by atoms with van der Waals surface area (Å²) in [7, 11) is 1.69. The van der Waals surface area contributed by atoms with Crippen molar-refractivity contribution in [3.63, 3.8) is 0 Å². The number of rotatable bonds is 3. The van der Waals surface area contributed by atoms with Crippen LogP contribution in [0.3, 0.4) is 0 Å². The van der Waals surface area contributed by atoms with E-state index in [1.54, 1.807) is 7.11 Å². The molecule has 3 heteroatoms. The van der Waals surface area contributed by atoms with Gasteiger partial charge in [-0.1, -0.05) is 12.1 Å². The Morgan fingerprint density at radius 3 is 2.80 bits per heavy atom. The Labute approximate surface area is 118 Å². The molecule has 2 heterocycles. The maximum absolute atomic E-state index is 5.31. The van der Waals surface area contributed by atoms with E-state index in [2.05, 4.69) is 46.9 Å². The molecule has 0 N–H and O–H groups in total. The highest BCUT2D eigenvalue weighted by molar-refractivity contribution is 5.83. The average Bonchev–Trinajstić information content (AvgIpc) is 2.83. The number of ether oxygens (including phenoxy) is 1. The lowest BCUT2D eigenvalue weighted by molar-refractivity contribution is 0.413.